The van der Waals surface area contributed by atoms with E-state index in [1.54, 1.807) is 18.4 Å². The normalized spacial score (nSPS) is 14.4. The number of hydrogen-bond donors (Lipinski definition) is 1. The maximum atomic E-state index is 12.3. The quantitative estimate of drug-likeness (QED) is 0.692. The monoisotopic (exact) mass is 417 g/mol. The van der Waals surface area contributed by atoms with E-state index in [-0.39, 0.29) is 11.8 Å². The van der Waals surface area contributed by atoms with Gasteiger partial charge in [0.25, 0.3) is 0 Å². The van der Waals surface area contributed by atoms with E-state index in [4.69, 9.17) is 4.74 Å². The van der Waals surface area contributed by atoms with Crippen LogP contribution in [-0.4, -0.2) is 31.1 Å². The first-order valence-corrected chi connectivity index (χ1v) is 9.49. The molecule has 4 rings (SSSR count). The molecule has 0 bridgehead atoms. The Balaban J connectivity index is 1.39. The van der Waals surface area contributed by atoms with Gasteiger partial charge in [0.2, 0.25) is 5.91 Å². The molecule has 2 aromatic carbocycles. The second-order valence-electron chi connectivity index (χ2n) is 5.93. The summed E-state index contributed by atoms with van der Waals surface area (Å²) in [6.45, 7) is 1.39. The van der Waals surface area contributed by atoms with Crippen LogP contribution in [-0.2, 0) is 4.79 Å². The smallest absolute Gasteiger partial charge is 0.231 e. The molecule has 25 heavy (non-hydrogen) atoms. The summed E-state index contributed by atoms with van der Waals surface area (Å²) >= 11 is 5.03. The van der Waals surface area contributed by atoms with Crippen LogP contribution < -0.4 is 15.0 Å². The van der Waals surface area contributed by atoms with Crippen LogP contribution >= 0.6 is 27.3 Å². The van der Waals surface area contributed by atoms with Crippen molar-refractivity contribution < 1.29 is 9.53 Å². The number of fused-ring (bicyclic) bond motifs is 1. The van der Waals surface area contributed by atoms with Crippen molar-refractivity contribution in [1.82, 2.24) is 4.98 Å². The molecule has 1 fully saturated rings. The topological polar surface area (TPSA) is 54.5 Å². The Morgan fingerprint density at radius 2 is 2.04 bits per heavy atom. The number of hydrogen-bond acceptors (Lipinski definition) is 5. The fraction of sp³-hybridized carbons (Fsp3) is 0.222. The van der Waals surface area contributed by atoms with E-state index in [0.29, 0.717) is 13.1 Å². The number of nitrogens with one attached hydrogen (secondary N) is 1. The molecule has 5 nitrogen and oxygen atoms in total. The number of nitrogens with zero attached hydrogens (tertiary/aromatic N) is 2. The minimum atomic E-state index is -0.00908. The number of halogens is 1. The number of anilines is 2. The second kappa shape index (κ2) is 6.65. The maximum Gasteiger partial charge on any atom is 0.231 e. The van der Waals surface area contributed by atoms with Gasteiger partial charge in [0.15, 0.2) is 5.13 Å². The Kier molecular flexibility index (Phi) is 4.35. The van der Waals surface area contributed by atoms with Crippen molar-refractivity contribution in [3.8, 4) is 5.75 Å². The number of amides is 1. The lowest BCUT2D eigenvalue weighted by Crippen LogP contribution is -2.52. The lowest BCUT2D eigenvalue weighted by molar-refractivity contribution is -0.120. The van der Waals surface area contributed by atoms with Gasteiger partial charge < -0.3 is 15.0 Å². The Morgan fingerprint density at radius 1 is 1.28 bits per heavy atom. The summed E-state index contributed by atoms with van der Waals surface area (Å²) in [4.78, 5) is 19.1. The highest BCUT2D eigenvalue weighted by molar-refractivity contribution is 9.10. The number of thiazole rings is 1. The van der Waals surface area contributed by atoms with E-state index in [2.05, 4.69) is 31.1 Å². The first-order valence-electron chi connectivity index (χ1n) is 7.88. The molecule has 0 spiro atoms. The van der Waals surface area contributed by atoms with Crippen LogP contribution in [0.15, 0.2) is 46.9 Å². The van der Waals surface area contributed by atoms with Crippen molar-refractivity contribution in [2.24, 2.45) is 5.92 Å². The largest absolute Gasteiger partial charge is 0.497 e. The Hall–Kier alpha value is -2.12. The zero-order valence-corrected chi connectivity index (χ0v) is 15.9. The predicted molar refractivity (Wildman–Crippen MR) is 105 cm³/mol. The number of carbonyl (C=O) groups excluding carboxylic acids is 1. The number of methoxy groups -OCH3 is 1. The third-order valence-electron chi connectivity index (χ3n) is 4.22. The fourth-order valence-corrected chi connectivity index (χ4v) is 3.96. The van der Waals surface area contributed by atoms with E-state index in [1.807, 2.05) is 42.5 Å². The third kappa shape index (κ3) is 3.34. The first-order chi connectivity index (χ1) is 12.1. The summed E-state index contributed by atoms with van der Waals surface area (Å²) in [6.07, 6.45) is 0. The predicted octanol–water partition coefficient (Wildman–Crippen LogP) is 4.14. The third-order valence-corrected chi connectivity index (χ3v) is 5.84. The maximum absolute atomic E-state index is 12.3. The van der Waals surface area contributed by atoms with Gasteiger partial charge >= 0.3 is 0 Å². The first kappa shape index (κ1) is 16.4. The zero-order valence-electron chi connectivity index (χ0n) is 13.5. The summed E-state index contributed by atoms with van der Waals surface area (Å²) in [5.74, 6) is 0.853. The lowest BCUT2D eigenvalue weighted by atomic mass is 10.00. The van der Waals surface area contributed by atoms with E-state index < -0.39 is 0 Å². The molecular formula is C18H16BrN3O2S. The fourth-order valence-electron chi connectivity index (χ4n) is 2.74. The Morgan fingerprint density at radius 3 is 2.76 bits per heavy atom. The number of ether oxygens (including phenoxy) is 1. The van der Waals surface area contributed by atoms with E-state index in [0.717, 1.165) is 31.3 Å². The lowest BCUT2D eigenvalue weighted by Gasteiger charge is -2.37. The molecule has 128 valence electrons. The van der Waals surface area contributed by atoms with Crippen molar-refractivity contribution in [2.45, 2.75) is 0 Å². The summed E-state index contributed by atoms with van der Waals surface area (Å²) in [6, 6.07) is 13.5. The van der Waals surface area contributed by atoms with Crippen LogP contribution in [0, 0.1) is 5.92 Å². The summed E-state index contributed by atoms with van der Waals surface area (Å²) in [5.41, 5.74) is 1.75. The minimum absolute atomic E-state index is 0.00908. The van der Waals surface area contributed by atoms with Gasteiger partial charge in [-0.25, -0.2) is 4.98 Å². The minimum Gasteiger partial charge on any atom is -0.497 e. The molecule has 1 amide bonds. The molecule has 3 aromatic rings. The van der Waals surface area contributed by atoms with Crippen molar-refractivity contribution in [3.63, 3.8) is 0 Å². The summed E-state index contributed by atoms with van der Waals surface area (Å²) in [7, 11) is 1.65. The van der Waals surface area contributed by atoms with Gasteiger partial charge in [-0.05, 0) is 36.4 Å². The van der Waals surface area contributed by atoms with Crippen LogP contribution in [0.2, 0.25) is 0 Å². The molecule has 1 N–H and O–H groups in total. The van der Waals surface area contributed by atoms with Gasteiger partial charge in [0, 0.05) is 29.3 Å². The number of rotatable bonds is 4. The standard InChI is InChI=1S/C18H16BrN3O2S/c1-24-14-6-7-16-15(8-14)21-18(25-16)22-9-11(10-22)17(23)20-13-4-2-12(19)3-5-13/h2-8,11H,9-10H2,1H3,(H,20,23). The molecule has 7 heteroatoms. The second-order valence-corrected chi connectivity index (χ2v) is 7.85. The van der Waals surface area contributed by atoms with Gasteiger partial charge in [-0.1, -0.05) is 27.3 Å². The van der Waals surface area contributed by atoms with Crippen molar-refractivity contribution in [1.29, 1.82) is 0 Å². The van der Waals surface area contributed by atoms with Crippen molar-refractivity contribution in [2.75, 3.05) is 30.4 Å². The van der Waals surface area contributed by atoms with Crippen LogP contribution in [0.3, 0.4) is 0 Å². The molecule has 1 aromatic heterocycles. The Labute approximate surface area is 157 Å². The molecule has 2 heterocycles. The number of aromatic nitrogens is 1. The molecule has 0 radical (unpaired) electrons. The van der Waals surface area contributed by atoms with Crippen LogP contribution in [0.5, 0.6) is 5.75 Å². The van der Waals surface area contributed by atoms with Crippen LogP contribution in [0.1, 0.15) is 0 Å². The van der Waals surface area contributed by atoms with Gasteiger partial charge in [-0.2, -0.15) is 0 Å². The number of benzene rings is 2. The average Bonchev–Trinajstić information content (AvgIpc) is 2.98. The zero-order chi connectivity index (χ0) is 17.4. The summed E-state index contributed by atoms with van der Waals surface area (Å²) in [5, 5.41) is 3.92. The Bertz CT molecular complexity index is 920. The van der Waals surface area contributed by atoms with E-state index in [1.165, 1.54) is 0 Å². The average molecular weight is 418 g/mol. The van der Waals surface area contributed by atoms with Crippen molar-refractivity contribution >= 4 is 54.2 Å². The van der Waals surface area contributed by atoms with Gasteiger partial charge in [0.1, 0.15) is 5.75 Å². The number of carbonyl (C=O) groups is 1. The highest BCUT2D eigenvalue weighted by Gasteiger charge is 2.34. The molecule has 1 saturated heterocycles. The van der Waals surface area contributed by atoms with E-state index in [9.17, 15) is 4.79 Å². The van der Waals surface area contributed by atoms with E-state index >= 15 is 0 Å². The molecule has 0 saturated carbocycles. The molecular weight excluding hydrogens is 402 g/mol. The SMILES string of the molecule is COc1ccc2sc(N3CC(C(=O)Nc4ccc(Br)cc4)C3)nc2c1. The highest BCUT2D eigenvalue weighted by Crippen LogP contribution is 2.34. The molecule has 1 aliphatic rings. The van der Waals surface area contributed by atoms with Crippen LogP contribution in [0.4, 0.5) is 10.8 Å². The molecule has 0 aliphatic carbocycles. The summed E-state index contributed by atoms with van der Waals surface area (Å²) < 4.78 is 7.36. The highest BCUT2D eigenvalue weighted by atomic mass is 79.9. The molecule has 0 atom stereocenters. The van der Waals surface area contributed by atoms with Gasteiger partial charge in [0.05, 0.1) is 23.2 Å². The van der Waals surface area contributed by atoms with Gasteiger partial charge in [-0.15, -0.1) is 0 Å². The van der Waals surface area contributed by atoms with Crippen molar-refractivity contribution in [3.05, 3.63) is 46.9 Å². The van der Waals surface area contributed by atoms with Gasteiger partial charge in [-0.3, -0.25) is 4.79 Å². The van der Waals surface area contributed by atoms with Crippen LogP contribution in [0.25, 0.3) is 10.2 Å². The molecule has 1 aliphatic heterocycles. The molecule has 0 unspecified atom stereocenters.